The molecular formula is C10H7BrFNO5. The maximum Gasteiger partial charge on any atom is 0.328 e. The highest BCUT2D eigenvalue weighted by molar-refractivity contribution is 9.10. The smallest absolute Gasteiger partial charge is 0.328 e. The molecule has 1 aromatic rings. The molecule has 0 heterocycles. The fourth-order valence-electron chi connectivity index (χ4n) is 1.11. The molecule has 0 bridgehead atoms. The summed E-state index contributed by atoms with van der Waals surface area (Å²) in [5, 5.41) is 19.0. The van der Waals surface area contributed by atoms with Gasteiger partial charge in [-0.15, -0.1) is 0 Å². The fourth-order valence-corrected chi connectivity index (χ4v) is 1.64. The van der Waals surface area contributed by atoms with E-state index in [2.05, 4.69) is 15.9 Å². The van der Waals surface area contributed by atoms with Gasteiger partial charge in [0.05, 0.1) is 15.5 Å². The maximum atomic E-state index is 13.0. The van der Waals surface area contributed by atoms with E-state index in [0.717, 1.165) is 18.2 Å². The number of hydrogen-bond donors (Lipinski definition) is 1. The van der Waals surface area contributed by atoms with Gasteiger partial charge in [0.25, 0.3) is 0 Å². The van der Waals surface area contributed by atoms with Crippen LogP contribution in [-0.2, 0) is 4.79 Å². The Balaban J connectivity index is 2.93. The first kappa shape index (κ1) is 14.1. The van der Waals surface area contributed by atoms with Crippen LogP contribution in [0.5, 0.6) is 5.75 Å². The van der Waals surface area contributed by atoms with Gasteiger partial charge >= 0.3 is 11.7 Å². The van der Waals surface area contributed by atoms with Gasteiger partial charge in [0.15, 0.2) is 0 Å². The lowest BCUT2D eigenvalue weighted by Gasteiger charge is -2.06. The molecule has 0 aliphatic carbocycles. The van der Waals surface area contributed by atoms with Crippen LogP contribution in [0.2, 0.25) is 0 Å². The summed E-state index contributed by atoms with van der Waals surface area (Å²) in [7, 11) is 0. The average Bonchev–Trinajstić information content (AvgIpc) is 2.25. The van der Waals surface area contributed by atoms with E-state index >= 15 is 0 Å². The summed E-state index contributed by atoms with van der Waals surface area (Å²) in [4.78, 5) is 20.1. The minimum absolute atomic E-state index is 0.0814. The first-order valence-electron chi connectivity index (χ1n) is 4.57. The molecule has 0 amide bonds. The summed E-state index contributed by atoms with van der Waals surface area (Å²) in [6.45, 7) is -0.183. The highest BCUT2D eigenvalue weighted by atomic mass is 79.9. The number of nitro groups is 1. The molecule has 18 heavy (non-hydrogen) atoms. The predicted octanol–water partition coefficient (Wildman–Crippen LogP) is 2.52. The molecule has 1 aromatic carbocycles. The topological polar surface area (TPSA) is 89.7 Å². The molecule has 0 unspecified atom stereocenters. The zero-order valence-corrected chi connectivity index (χ0v) is 10.4. The van der Waals surface area contributed by atoms with Crippen LogP contribution in [0.15, 0.2) is 28.8 Å². The fraction of sp³-hybridized carbons (Fsp3) is 0.100. The Bertz CT molecular complexity index is 517. The molecular weight excluding hydrogens is 313 g/mol. The summed E-state index contributed by atoms with van der Waals surface area (Å²) in [6.07, 6.45) is 2.01. The molecule has 96 valence electrons. The lowest BCUT2D eigenvalue weighted by atomic mass is 10.3. The van der Waals surface area contributed by atoms with Gasteiger partial charge in [0, 0.05) is 6.08 Å². The number of rotatable bonds is 5. The Labute approximate surface area is 109 Å². The SMILES string of the molecule is O=C(O)C=CCOc1c(Br)cc(F)cc1[N+](=O)[O-]. The van der Waals surface area contributed by atoms with Crippen molar-refractivity contribution >= 4 is 27.6 Å². The van der Waals surface area contributed by atoms with Crippen molar-refractivity contribution < 1.29 is 24.0 Å². The van der Waals surface area contributed by atoms with Crippen LogP contribution < -0.4 is 4.74 Å². The van der Waals surface area contributed by atoms with Gasteiger partial charge in [-0.05, 0) is 28.1 Å². The van der Waals surface area contributed by atoms with E-state index in [1.807, 2.05) is 0 Å². The van der Waals surface area contributed by atoms with Crippen LogP contribution in [0.1, 0.15) is 0 Å². The molecule has 6 nitrogen and oxygen atoms in total. The average molecular weight is 320 g/mol. The molecule has 0 fully saturated rings. The second kappa shape index (κ2) is 6.10. The lowest BCUT2D eigenvalue weighted by molar-refractivity contribution is -0.386. The molecule has 0 aliphatic heterocycles. The molecule has 0 aliphatic rings. The summed E-state index contributed by atoms with van der Waals surface area (Å²) < 4.78 is 18.1. The summed E-state index contributed by atoms with van der Waals surface area (Å²) in [6, 6.07) is 1.74. The number of halogens is 2. The molecule has 1 rings (SSSR count). The Morgan fingerprint density at radius 3 is 2.83 bits per heavy atom. The lowest BCUT2D eigenvalue weighted by Crippen LogP contribution is -2.01. The van der Waals surface area contributed by atoms with Crippen LogP contribution >= 0.6 is 15.9 Å². The van der Waals surface area contributed by atoms with E-state index in [-0.39, 0.29) is 16.8 Å². The zero-order valence-electron chi connectivity index (χ0n) is 8.80. The number of aliphatic carboxylic acids is 1. The number of carboxylic acids is 1. The number of hydrogen-bond acceptors (Lipinski definition) is 4. The Morgan fingerprint density at radius 2 is 2.28 bits per heavy atom. The molecule has 8 heteroatoms. The molecule has 0 atom stereocenters. The third-order valence-corrected chi connectivity index (χ3v) is 2.36. The van der Waals surface area contributed by atoms with E-state index in [1.165, 1.54) is 6.08 Å². The van der Waals surface area contributed by atoms with Crippen LogP contribution in [-0.4, -0.2) is 22.6 Å². The third-order valence-electron chi connectivity index (χ3n) is 1.77. The normalized spacial score (nSPS) is 10.6. The first-order chi connectivity index (χ1) is 8.41. The van der Waals surface area contributed by atoms with E-state index < -0.39 is 22.4 Å². The first-order valence-corrected chi connectivity index (χ1v) is 5.37. The standard InChI is InChI=1S/C10H7BrFNO5/c11-7-4-6(12)5-8(13(16)17)10(7)18-3-1-2-9(14)15/h1-2,4-5H,3H2,(H,14,15). The second-order valence-electron chi connectivity index (χ2n) is 3.04. The van der Waals surface area contributed by atoms with E-state index in [9.17, 15) is 19.3 Å². The molecule has 0 saturated carbocycles. The predicted molar refractivity (Wildman–Crippen MR) is 63.0 cm³/mol. The van der Waals surface area contributed by atoms with Gasteiger partial charge in [-0.25, -0.2) is 9.18 Å². The van der Waals surface area contributed by atoms with Crippen molar-refractivity contribution in [3.8, 4) is 5.75 Å². The van der Waals surface area contributed by atoms with Crippen molar-refractivity contribution in [2.24, 2.45) is 0 Å². The second-order valence-corrected chi connectivity index (χ2v) is 3.90. The number of carboxylic acid groups (broad SMARTS) is 1. The minimum Gasteiger partial charge on any atom is -0.482 e. The largest absolute Gasteiger partial charge is 0.482 e. The maximum absolute atomic E-state index is 13.0. The summed E-state index contributed by atoms with van der Waals surface area (Å²) >= 11 is 2.94. The van der Waals surface area contributed by atoms with Gasteiger partial charge in [-0.2, -0.15) is 0 Å². The van der Waals surface area contributed by atoms with Gasteiger partial charge < -0.3 is 9.84 Å². The number of nitrogens with zero attached hydrogens (tertiary/aromatic N) is 1. The molecule has 0 aromatic heterocycles. The van der Waals surface area contributed by atoms with Gasteiger partial charge in [0.1, 0.15) is 12.4 Å². The van der Waals surface area contributed by atoms with Gasteiger partial charge in [-0.1, -0.05) is 0 Å². The van der Waals surface area contributed by atoms with Crippen molar-refractivity contribution in [1.29, 1.82) is 0 Å². The quantitative estimate of drug-likeness (QED) is 0.511. The van der Waals surface area contributed by atoms with Crippen LogP contribution in [0.3, 0.4) is 0 Å². The highest BCUT2D eigenvalue weighted by Crippen LogP contribution is 2.35. The highest BCUT2D eigenvalue weighted by Gasteiger charge is 2.20. The number of carbonyl (C=O) groups is 1. The zero-order chi connectivity index (χ0) is 13.7. The molecule has 0 saturated heterocycles. The van der Waals surface area contributed by atoms with Gasteiger partial charge in [-0.3, -0.25) is 10.1 Å². The van der Waals surface area contributed by atoms with Crippen molar-refractivity contribution in [2.45, 2.75) is 0 Å². The van der Waals surface area contributed by atoms with E-state index in [4.69, 9.17) is 9.84 Å². The molecule has 0 radical (unpaired) electrons. The van der Waals surface area contributed by atoms with Crippen molar-refractivity contribution in [3.63, 3.8) is 0 Å². The third kappa shape index (κ3) is 3.81. The number of benzene rings is 1. The van der Waals surface area contributed by atoms with E-state index in [0.29, 0.717) is 0 Å². The number of ether oxygens (including phenoxy) is 1. The van der Waals surface area contributed by atoms with Crippen molar-refractivity contribution in [3.05, 3.63) is 44.7 Å². The summed E-state index contributed by atoms with van der Waals surface area (Å²) in [5.41, 5.74) is -0.536. The summed E-state index contributed by atoms with van der Waals surface area (Å²) in [5.74, 6) is -2.09. The molecule has 0 spiro atoms. The van der Waals surface area contributed by atoms with Crippen molar-refractivity contribution in [2.75, 3.05) is 6.61 Å². The Kier molecular flexibility index (Phi) is 4.78. The van der Waals surface area contributed by atoms with Crippen LogP contribution in [0, 0.1) is 15.9 Å². The monoisotopic (exact) mass is 319 g/mol. The molecule has 1 N–H and O–H groups in total. The number of nitro benzene ring substituents is 1. The van der Waals surface area contributed by atoms with Crippen LogP contribution in [0.25, 0.3) is 0 Å². The van der Waals surface area contributed by atoms with Crippen molar-refractivity contribution in [1.82, 2.24) is 0 Å². The Hall–Kier alpha value is -1.96. The van der Waals surface area contributed by atoms with Crippen LogP contribution in [0.4, 0.5) is 10.1 Å². The van der Waals surface area contributed by atoms with Gasteiger partial charge in [0.2, 0.25) is 5.75 Å². The minimum atomic E-state index is -1.16. The van der Waals surface area contributed by atoms with E-state index in [1.54, 1.807) is 0 Å². The Morgan fingerprint density at radius 1 is 1.61 bits per heavy atom.